The predicted octanol–water partition coefficient (Wildman–Crippen LogP) is 2.83. The van der Waals surface area contributed by atoms with E-state index in [1.165, 1.54) is 24.4 Å². The first-order valence-corrected chi connectivity index (χ1v) is 8.79. The van der Waals surface area contributed by atoms with Gasteiger partial charge in [-0.25, -0.2) is 0 Å². The summed E-state index contributed by atoms with van der Waals surface area (Å²) in [5.74, 6) is 0. The molecule has 0 aliphatic carbocycles. The highest BCUT2D eigenvalue weighted by atomic mass is 28.3. The highest BCUT2D eigenvalue weighted by molar-refractivity contribution is 6.77. The Kier molecular flexibility index (Phi) is 4.36. The monoisotopic (exact) mass is 207 g/mol. The zero-order valence-electron chi connectivity index (χ0n) is 9.29. The lowest BCUT2D eigenvalue weighted by Gasteiger charge is -2.19. The van der Waals surface area contributed by atoms with Crippen molar-refractivity contribution in [2.75, 3.05) is 6.17 Å². The second-order valence-corrected chi connectivity index (χ2v) is 9.94. The molecule has 78 valence electrons. The molecule has 0 bridgehead atoms. The van der Waals surface area contributed by atoms with Crippen molar-refractivity contribution >= 4 is 8.07 Å². The Balaban J connectivity index is 2.29. The molecular formula is C12H21NSi. The van der Waals surface area contributed by atoms with Gasteiger partial charge in [0.1, 0.15) is 0 Å². The van der Waals surface area contributed by atoms with Crippen molar-refractivity contribution in [3.05, 3.63) is 35.9 Å². The van der Waals surface area contributed by atoms with Crippen LogP contribution in [0.1, 0.15) is 12.0 Å². The lowest BCUT2D eigenvalue weighted by atomic mass is 10.1. The molecular weight excluding hydrogens is 186 g/mol. The summed E-state index contributed by atoms with van der Waals surface area (Å²) < 4.78 is 0. The van der Waals surface area contributed by atoms with Gasteiger partial charge >= 0.3 is 0 Å². The van der Waals surface area contributed by atoms with E-state index in [1.54, 1.807) is 0 Å². The lowest BCUT2D eigenvalue weighted by molar-refractivity contribution is 0.895. The Bertz CT molecular complexity index is 256. The van der Waals surface area contributed by atoms with E-state index in [0.29, 0.717) is 0 Å². The van der Waals surface area contributed by atoms with Crippen LogP contribution in [0.3, 0.4) is 0 Å². The largest absolute Gasteiger partial charge is 0.333 e. The van der Waals surface area contributed by atoms with Gasteiger partial charge in [0.2, 0.25) is 0 Å². The minimum Gasteiger partial charge on any atom is -0.333 e. The van der Waals surface area contributed by atoms with Gasteiger partial charge in [0.05, 0.1) is 8.07 Å². The molecule has 1 aromatic rings. The molecule has 0 aromatic heterocycles. The Labute approximate surface area is 88.3 Å². The van der Waals surface area contributed by atoms with Crippen LogP contribution in [-0.4, -0.2) is 14.2 Å². The SMILES string of the molecule is C[Si](C)(CN)CCCc1ccccc1. The minimum atomic E-state index is -1.05. The third-order valence-corrected chi connectivity index (χ3v) is 5.53. The normalized spacial score (nSPS) is 11.6. The molecule has 0 aliphatic heterocycles. The number of hydrogen-bond acceptors (Lipinski definition) is 1. The van der Waals surface area contributed by atoms with E-state index in [4.69, 9.17) is 5.73 Å². The quantitative estimate of drug-likeness (QED) is 0.738. The maximum Gasteiger partial charge on any atom is 0.0623 e. The van der Waals surface area contributed by atoms with Crippen LogP contribution in [0.4, 0.5) is 0 Å². The molecule has 0 aliphatic rings. The van der Waals surface area contributed by atoms with Gasteiger partial charge in [-0.3, -0.25) is 0 Å². The van der Waals surface area contributed by atoms with E-state index in [1.807, 2.05) is 0 Å². The van der Waals surface area contributed by atoms with Crippen LogP contribution in [0, 0.1) is 0 Å². The van der Waals surface area contributed by atoms with Crippen LogP contribution in [0.5, 0.6) is 0 Å². The molecule has 1 aromatic carbocycles. The molecule has 14 heavy (non-hydrogen) atoms. The van der Waals surface area contributed by atoms with Crippen molar-refractivity contribution < 1.29 is 0 Å². The zero-order chi connectivity index (χ0) is 10.4. The van der Waals surface area contributed by atoms with Gasteiger partial charge in [0.15, 0.2) is 0 Å². The summed E-state index contributed by atoms with van der Waals surface area (Å²) in [6.45, 7) is 4.75. The Morgan fingerprint density at radius 2 is 1.79 bits per heavy atom. The molecule has 0 saturated carbocycles. The van der Waals surface area contributed by atoms with Crippen molar-refractivity contribution in [2.45, 2.75) is 32.0 Å². The van der Waals surface area contributed by atoms with Gasteiger partial charge in [-0.15, -0.1) is 0 Å². The molecule has 0 saturated heterocycles. The molecule has 2 N–H and O–H groups in total. The van der Waals surface area contributed by atoms with Crippen molar-refractivity contribution in [3.63, 3.8) is 0 Å². The summed E-state index contributed by atoms with van der Waals surface area (Å²) in [5, 5.41) is 0. The van der Waals surface area contributed by atoms with E-state index in [0.717, 1.165) is 6.17 Å². The molecule has 0 heterocycles. The highest BCUT2D eigenvalue weighted by Crippen LogP contribution is 2.13. The maximum absolute atomic E-state index is 5.75. The van der Waals surface area contributed by atoms with Gasteiger partial charge in [-0.2, -0.15) is 0 Å². The van der Waals surface area contributed by atoms with Crippen molar-refractivity contribution in [1.82, 2.24) is 0 Å². The lowest BCUT2D eigenvalue weighted by Crippen LogP contribution is -2.36. The molecule has 0 unspecified atom stereocenters. The summed E-state index contributed by atoms with van der Waals surface area (Å²) in [7, 11) is -1.05. The first kappa shape index (κ1) is 11.5. The summed E-state index contributed by atoms with van der Waals surface area (Å²) >= 11 is 0. The Morgan fingerprint density at radius 1 is 1.14 bits per heavy atom. The fourth-order valence-electron chi connectivity index (χ4n) is 1.52. The van der Waals surface area contributed by atoms with Crippen molar-refractivity contribution in [2.24, 2.45) is 5.73 Å². The highest BCUT2D eigenvalue weighted by Gasteiger charge is 2.17. The fourth-order valence-corrected chi connectivity index (χ4v) is 2.86. The second-order valence-electron chi connectivity index (χ2n) is 4.71. The first-order chi connectivity index (χ1) is 6.64. The second kappa shape index (κ2) is 5.32. The summed E-state index contributed by atoms with van der Waals surface area (Å²) in [6.07, 6.45) is 3.42. The van der Waals surface area contributed by atoms with Crippen LogP contribution in [0.2, 0.25) is 19.1 Å². The van der Waals surface area contributed by atoms with Crippen LogP contribution in [0.15, 0.2) is 30.3 Å². The molecule has 0 atom stereocenters. The Morgan fingerprint density at radius 3 is 2.36 bits per heavy atom. The van der Waals surface area contributed by atoms with Crippen molar-refractivity contribution in [1.29, 1.82) is 0 Å². The summed E-state index contributed by atoms with van der Waals surface area (Å²) in [6, 6.07) is 12.1. The first-order valence-electron chi connectivity index (χ1n) is 5.38. The van der Waals surface area contributed by atoms with Crippen LogP contribution in [0.25, 0.3) is 0 Å². The predicted molar refractivity (Wildman–Crippen MR) is 66.1 cm³/mol. The summed E-state index contributed by atoms with van der Waals surface area (Å²) in [5.41, 5.74) is 7.20. The molecule has 1 nitrogen and oxygen atoms in total. The van der Waals surface area contributed by atoms with Crippen molar-refractivity contribution in [3.8, 4) is 0 Å². The third-order valence-electron chi connectivity index (χ3n) is 2.71. The van der Waals surface area contributed by atoms with E-state index in [9.17, 15) is 0 Å². The number of benzene rings is 1. The third kappa shape index (κ3) is 4.07. The van der Waals surface area contributed by atoms with Crippen LogP contribution in [-0.2, 0) is 6.42 Å². The van der Waals surface area contributed by atoms with Gasteiger partial charge in [0, 0.05) is 0 Å². The Hall–Kier alpha value is -0.603. The average molecular weight is 207 g/mol. The summed E-state index contributed by atoms with van der Waals surface area (Å²) in [4.78, 5) is 0. The molecule has 0 radical (unpaired) electrons. The topological polar surface area (TPSA) is 26.0 Å². The van der Waals surface area contributed by atoms with Gasteiger partial charge in [-0.1, -0.05) is 55.9 Å². The van der Waals surface area contributed by atoms with E-state index < -0.39 is 8.07 Å². The molecule has 0 spiro atoms. The van der Waals surface area contributed by atoms with Gasteiger partial charge in [-0.05, 0) is 18.2 Å². The van der Waals surface area contributed by atoms with Crippen LogP contribution < -0.4 is 5.73 Å². The molecule has 0 fully saturated rings. The number of nitrogens with two attached hydrogens (primary N) is 1. The molecule has 0 amide bonds. The standard InChI is InChI=1S/C12H21NSi/c1-14(2,11-13)10-6-9-12-7-4-3-5-8-12/h3-5,7-8H,6,9-11,13H2,1-2H3. The smallest absolute Gasteiger partial charge is 0.0623 e. The van der Waals surface area contributed by atoms with E-state index in [2.05, 4.69) is 43.4 Å². The zero-order valence-corrected chi connectivity index (χ0v) is 10.3. The number of aryl methyl sites for hydroxylation is 1. The van der Waals surface area contributed by atoms with E-state index in [-0.39, 0.29) is 0 Å². The number of rotatable bonds is 5. The molecule has 2 heteroatoms. The van der Waals surface area contributed by atoms with Gasteiger partial charge in [0.25, 0.3) is 0 Å². The maximum atomic E-state index is 5.75. The fraction of sp³-hybridized carbons (Fsp3) is 0.500. The van der Waals surface area contributed by atoms with Crippen LogP contribution >= 0.6 is 0 Å². The average Bonchev–Trinajstić information content (AvgIpc) is 2.19. The minimum absolute atomic E-state index is 0.918. The van der Waals surface area contributed by atoms with Gasteiger partial charge < -0.3 is 5.73 Å². The molecule has 1 rings (SSSR count). The number of hydrogen-bond donors (Lipinski definition) is 1. The van der Waals surface area contributed by atoms with E-state index >= 15 is 0 Å².